The first-order chi connectivity index (χ1) is 10.8. The van der Waals surface area contributed by atoms with Crippen molar-refractivity contribution in [3.05, 3.63) is 42.7 Å². The van der Waals surface area contributed by atoms with E-state index in [0.29, 0.717) is 5.78 Å². The third kappa shape index (κ3) is 3.03. The summed E-state index contributed by atoms with van der Waals surface area (Å²) in [5.41, 5.74) is 1.92. The smallest absolute Gasteiger partial charge is 0.236 e. The molecule has 0 unspecified atom stereocenters. The topological polar surface area (TPSA) is 51.5 Å². The van der Waals surface area contributed by atoms with Crippen molar-refractivity contribution in [2.24, 2.45) is 0 Å². The van der Waals surface area contributed by atoms with E-state index in [1.165, 1.54) is 0 Å². The number of benzene rings is 1. The first kappa shape index (κ1) is 14.4. The van der Waals surface area contributed by atoms with Crippen molar-refractivity contribution in [1.29, 1.82) is 0 Å². The minimum atomic E-state index is 0.680. The van der Waals surface area contributed by atoms with Gasteiger partial charge in [-0.15, -0.1) is 0 Å². The third-order valence-electron chi connectivity index (χ3n) is 3.48. The molecule has 5 nitrogen and oxygen atoms in total. The van der Waals surface area contributed by atoms with Gasteiger partial charge in [0.2, 0.25) is 5.78 Å². The molecule has 0 aliphatic carbocycles. The highest BCUT2D eigenvalue weighted by atomic mass is 16.5. The summed E-state index contributed by atoms with van der Waals surface area (Å²) >= 11 is 0. The molecule has 0 radical (unpaired) electrons. The number of nitrogens with zero attached hydrogens (tertiary/aromatic N) is 3. The second-order valence-electron chi connectivity index (χ2n) is 5.13. The van der Waals surface area contributed by atoms with E-state index in [1.54, 1.807) is 0 Å². The van der Waals surface area contributed by atoms with Crippen molar-refractivity contribution in [3.8, 4) is 17.0 Å². The van der Waals surface area contributed by atoms with Gasteiger partial charge in [-0.05, 0) is 24.6 Å². The highest BCUT2D eigenvalue weighted by Gasteiger charge is 2.07. The second-order valence-corrected chi connectivity index (χ2v) is 5.13. The number of hydrogen-bond acceptors (Lipinski definition) is 4. The summed E-state index contributed by atoms with van der Waals surface area (Å²) in [5.74, 6) is 2.37. The highest BCUT2D eigenvalue weighted by molar-refractivity contribution is 5.63. The van der Waals surface area contributed by atoms with Crippen molar-refractivity contribution in [2.75, 3.05) is 19.0 Å². The molecular formula is C17H20N4O. The number of nitrogens with one attached hydrogen (secondary N) is 1. The summed E-state index contributed by atoms with van der Waals surface area (Å²) in [4.78, 5) is 9.02. The molecule has 0 bridgehead atoms. The molecule has 0 fully saturated rings. The van der Waals surface area contributed by atoms with E-state index in [4.69, 9.17) is 4.74 Å². The summed E-state index contributed by atoms with van der Waals surface area (Å²) in [6.07, 6.45) is 6.13. The van der Waals surface area contributed by atoms with Gasteiger partial charge in [0.05, 0.1) is 12.3 Å². The van der Waals surface area contributed by atoms with Crippen LogP contribution in [0.2, 0.25) is 0 Å². The van der Waals surface area contributed by atoms with Crippen LogP contribution < -0.4 is 10.1 Å². The van der Waals surface area contributed by atoms with Gasteiger partial charge in [-0.2, -0.15) is 4.98 Å². The van der Waals surface area contributed by atoms with E-state index < -0.39 is 0 Å². The normalized spacial score (nSPS) is 10.8. The lowest BCUT2D eigenvalue weighted by Gasteiger charge is -2.06. The molecule has 1 aromatic carbocycles. The van der Waals surface area contributed by atoms with E-state index in [-0.39, 0.29) is 0 Å². The molecule has 0 atom stereocenters. The predicted molar refractivity (Wildman–Crippen MR) is 88.4 cm³/mol. The van der Waals surface area contributed by atoms with Crippen LogP contribution in [0, 0.1) is 0 Å². The quantitative estimate of drug-likeness (QED) is 0.706. The maximum Gasteiger partial charge on any atom is 0.236 e. The van der Waals surface area contributed by atoms with Crippen molar-refractivity contribution in [3.63, 3.8) is 0 Å². The lowest BCUT2D eigenvalue weighted by Crippen LogP contribution is -1.96. The van der Waals surface area contributed by atoms with Gasteiger partial charge >= 0.3 is 0 Å². The lowest BCUT2D eigenvalue weighted by molar-refractivity contribution is 0.309. The number of fused-ring (bicyclic) bond motifs is 1. The van der Waals surface area contributed by atoms with Crippen LogP contribution >= 0.6 is 0 Å². The Labute approximate surface area is 130 Å². The Hall–Kier alpha value is -2.56. The third-order valence-corrected chi connectivity index (χ3v) is 3.48. The number of aromatic nitrogens is 3. The summed E-state index contributed by atoms with van der Waals surface area (Å²) < 4.78 is 7.68. The molecule has 2 aromatic heterocycles. The predicted octanol–water partition coefficient (Wildman–Crippen LogP) is 3.62. The second kappa shape index (κ2) is 6.47. The van der Waals surface area contributed by atoms with Crippen LogP contribution in [0.5, 0.6) is 5.75 Å². The van der Waals surface area contributed by atoms with E-state index >= 15 is 0 Å². The number of hydrogen-bond donors (Lipinski definition) is 1. The first-order valence-electron chi connectivity index (χ1n) is 7.57. The monoisotopic (exact) mass is 296 g/mol. The Morgan fingerprint density at radius 1 is 1.23 bits per heavy atom. The maximum atomic E-state index is 5.76. The van der Waals surface area contributed by atoms with Crippen molar-refractivity contribution < 1.29 is 4.74 Å². The van der Waals surface area contributed by atoms with Crippen LogP contribution in [-0.4, -0.2) is 28.0 Å². The summed E-state index contributed by atoms with van der Waals surface area (Å²) in [7, 11) is 1.85. The van der Waals surface area contributed by atoms with Crippen molar-refractivity contribution in [2.45, 2.75) is 19.8 Å². The van der Waals surface area contributed by atoms with Crippen molar-refractivity contribution in [1.82, 2.24) is 14.4 Å². The molecule has 2 heterocycles. The van der Waals surface area contributed by atoms with Gasteiger partial charge in [0.25, 0.3) is 0 Å². The maximum absolute atomic E-state index is 5.76. The van der Waals surface area contributed by atoms with Gasteiger partial charge in [0.15, 0.2) is 0 Å². The largest absolute Gasteiger partial charge is 0.494 e. The molecule has 0 aliphatic heterocycles. The van der Waals surface area contributed by atoms with Crippen molar-refractivity contribution >= 4 is 11.6 Å². The number of imidazole rings is 1. The van der Waals surface area contributed by atoms with E-state index in [2.05, 4.69) is 22.2 Å². The molecule has 0 amide bonds. The zero-order valence-corrected chi connectivity index (χ0v) is 12.9. The number of unbranched alkanes of at least 4 members (excludes halogenated alkanes) is 1. The SMILES string of the molecule is CCCCOc1cccc(-c2cn3ccc(NC)nc3n2)c1. The van der Waals surface area contributed by atoms with Gasteiger partial charge in [0.1, 0.15) is 11.6 Å². The standard InChI is InChI=1S/C17H20N4O/c1-3-4-10-22-14-7-5-6-13(11-14)15-12-21-9-8-16(18-2)20-17(21)19-15/h5-9,11-12H,3-4,10H2,1-2H3,(H,18,19,20). The summed E-state index contributed by atoms with van der Waals surface area (Å²) in [5, 5.41) is 3.02. The molecule has 114 valence electrons. The van der Waals surface area contributed by atoms with Crippen LogP contribution in [0.1, 0.15) is 19.8 Å². The van der Waals surface area contributed by atoms with Crippen LogP contribution in [0.25, 0.3) is 17.0 Å². The average molecular weight is 296 g/mol. The Morgan fingerprint density at radius 2 is 2.14 bits per heavy atom. The highest BCUT2D eigenvalue weighted by Crippen LogP contribution is 2.23. The molecule has 3 rings (SSSR count). The number of ether oxygens (including phenoxy) is 1. The average Bonchev–Trinajstić information content (AvgIpc) is 2.98. The minimum absolute atomic E-state index is 0.680. The molecule has 0 aliphatic rings. The van der Waals surface area contributed by atoms with E-state index in [9.17, 15) is 0 Å². The Bertz CT molecular complexity index is 766. The summed E-state index contributed by atoms with van der Waals surface area (Å²) in [6.45, 7) is 2.90. The van der Waals surface area contributed by atoms with Crippen LogP contribution in [-0.2, 0) is 0 Å². The zero-order chi connectivity index (χ0) is 15.4. The molecule has 0 saturated heterocycles. The van der Waals surface area contributed by atoms with Gasteiger partial charge in [0, 0.05) is 25.0 Å². The van der Waals surface area contributed by atoms with E-state index in [0.717, 1.165) is 42.3 Å². The lowest BCUT2D eigenvalue weighted by atomic mass is 10.1. The molecule has 5 heteroatoms. The molecule has 0 saturated carbocycles. The Kier molecular flexibility index (Phi) is 4.23. The number of rotatable bonds is 6. The fourth-order valence-corrected chi connectivity index (χ4v) is 2.23. The fraction of sp³-hybridized carbons (Fsp3) is 0.294. The Balaban J connectivity index is 1.88. The van der Waals surface area contributed by atoms with Gasteiger partial charge in [-0.3, -0.25) is 4.40 Å². The van der Waals surface area contributed by atoms with Crippen LogP contribution in [0.4, 0.5) is 5.82 Å². The molecule has 1 N–H and O–H groups in total. The van der Waals surface area contributed by atoms with Crippen LogP contribution in [0.15, 0.2) is 42.7 Å². The molecule has 0 spiro atoms. The fourth-order valence-electron chi connectivity index (χ4n) is 2.23. The molecule has 22 heavy (non-hydrogen) atoms. The summed E-state index contributed by atoms with van der Waals surface area (Å²) in [6, 6.07) is 9.95. The van der Waals surface area contributed by atoms with Gasteiger partial charge in [-0.1, -0.05) is 25.5 Å². The van der Waals surface area contributed by atoms with Crippen LogP contribution in [0.3, 0.4) is 0 Å². The first-order valence-corrected chi connectivity index (χ1v) is 7.57. The Morgan fingerprint density at radius 3 is 2.95 bits per heavy atom. The minimum Gasteiger partial charge on any atom is -0.494 e. The van der Waals surface area contributed by atoms with Gasteiger partial charge < -0.3 is 10.1 Å². The zero-order valence-electron chi connectivity index (χ0n) is 12.9. The van der Waals surface area contributed by atoms with E-state index in [1.807, 2.05) is 54.2 Å². The molecular weight excluding hydrogens is 276 g/mol. The number of anilines is 1. The van der Waals surface area contributed by atoms with Gasteiger partial charge in [-0.25, -0.2) is 4.98 Å². The molecule has 3 aromatic rings.